The lowest BCUT2D eigenvalue weighted by Gasteiger charge is -2.26. The summed E-state index contributed by atoms with van der Waals surface area (Å²) in [5, 5.41) is 3.16. The smallest absolute Gasteiger partial charge is 0.408 e. The van der Waals surface area contributed by atoms with Crippen LogP contribution in [0.5, 0.6) is 0 Å². The molecule has 0 aliphatic rings. The second kappa shape index (κ2) is 8.41. The third-order valence-electron chi connectivity index (χ3n) is 2.81. The van der Waals surface area contributed by atoms with Gasteiger partial charge < -0.3 is 14.8 Å². The molecule has 0 spiro atoms. The molecule has 1 N–H and O–H groups in total. The molecular formula is C18H25BrClNO4. The minimum atomic E-state index is -0.873. The van der Waals surface area contributed by atoms with Gasteiger partial charge in [-0.1, -0.05) is 17.7 Å². The number of carbonyl (C=O) groups excluding carboxylic acids is 2. The number of halogens is 2. The van der Waals surface area contributed by atoms with Crippen molar-refractivity contribution >= 4 is 39.6 Å². The average molecular weight is 435 g/mol. The van der Waals surface area contributed by atoms with Gasteiger partial charge in [-0.3, -0.25) is 0 Å². The quantitative estimate of drug-likeness (QED) is 0.686. The molecule has 0 aliphatic heterocycles. The highest BCUT2D eigenvalue weighted by atomic mass is 79.9. The van der Waals surface area contributed by atoms with Gasteiger partial charge in [0.15, 0.2) is 0 Å². The molecule has 1 amide bonds. The van der Waals surface area contributed by atoms with Crippen molar-refractivity contribution in [2.45, 2.75) is 65.2 Å². The fourth-order valence-electron chi connectivity index (χ4n) is 1.92. The van der Waals surface area contributed by atoms with Crippen molar-refractivity contribution in [2.75, 3.05) is 0 Å². The van der Waals surface area contributed by atoms with Gasteiger partial charge in [0.2, 0.25) is 0 Å². The summed E-state index contributed by atoms with van der Waals surface area (Å²) in [6, 6.07) is 4.44. The third kappa shape index (κ3) is 8.59. The molecule has 5 nitrogen and oxygen atoms in total. The van der Waals surface area contributed by atoms with Crippen LogP contribution in [0.3, 0.4) is 0 Å². The molecule has 0 fully saturated rings. The second-order valence-corrected chi connectivity index (χ2v) is 8.95. The molecule has 0 saturated carbocycles. The molecule has 0 aliphatic carbocycles. The summed E-state index contributed by atoms with van der Waals surface area (Å²) in [7, 11) is 0. The maximum Gasteiger partial charge on any atom is 0.408 e. The van der Waals surface area contributed by atoms with Gasteiger partial charge in [0, 0.05) is 10.9 Å². The van der Waals surface area contributed by atoms with Gasteiger partial charge in [-0.2, -0.15) is 0 Å². The van der Waals surface area contributed by atoms with E-state index in [1.165, 1.54) is 0 Å². The summed E-state index contributed by atoms with van der Waals surface area (Å²) in [6.45, 7) is 10.6. The van der Waals surface area contributed by atoms with Crippen molar-refractivity contribution in [1.29, 1.82) is 0 Å². The Morgan fingerprint density at radius 2 is 1.68 bits per heavy atom. The number of alkyl carbamates (subject to hydrolysis) is 1. The van der Waals surface area contributed by atoms with Gasteiger partial charge in [0.25, 0.3) is 0 Å². The van der Waals surface area contributed by atoms with Crippen molar-refractivity contribution in [3.8, 4) is 0 Å². The van der Waals surface area contributed by atoms with Gasteiger partial charge in [-0.05, 0) is 75.2 Å². The zero-order valence-corrected chi connectivity index (χ0v) is 17.7. The zero-order valence-electron chi connectivity index (χ0n) is 15.4. The Morgan fingerprint density at radius 1 is 1.12 bits per heavy atom. The Morgan fingerprint density at radius 3 is 2.16 bits per heavy atom. The van der Waals surface area contributed by atoms with E-state index >= 15 is 0 Å². The first-order valence-electron chi connectivity index (χ1n) is 7.93. The summed E-state index contributed by atoms with van der Waals surface area (Å²) < 4.78 is 11.4. The number of hydrogen-bond acceptors (Lipinski definition) is 4. The Kier molecular flexibility index (Phi) is 7.32. The molecule has 0 unspecified atom stereocenters. The molecule has 140 valence electrons. The summed E-state index contributed by atoms with van der Waals surface area (Å²) in [5.74, 6) is -0.524. The van der Waals surface area contributed by atoms with Crippen LogP contribution in [0.15, 0.2) is 22.7 Å². The van der Waals surface area contributed by atoms with E-state index in [4.69, 9.17) is 21.1 Å². The number of hydrogen-bond donors (Lipinski definition) is 1. The van der Waals surface area contributed by atoms with Gasteiger partial charge in [0.1, 0.15) is 17.2 Å². The van der Waals surface area contributed by atoms with E-state index in [0.717, 1.165) is 5.56 Å². The molecule has 0 aromatic heterocycles. The van der Waals surface area contributed by atoms with E-state index in [1.54, 1.807) is 59.7 Å². The van der Waals surface area contributed by atoms with Gasteiger partial charge in [0.05, 0.1) is 5.02 Å². The van der Waals surface area contributed by atoms with E-state index in [2.05, 4.69) is 21.2 Å². The fourth-order valence-corrected chi connectivity index (χ4v) is 2.46. The van der Waals surface area contributed by atoms with Crippen LogP contribution in [0.2, 0.25) is 5.02 Å². The van der Waals surface area contributed by atoms with Crippen molar-refractivity contribution in [1.82, 2.24) is 5.32 Å². The lowest BCUT2D eigenvalue weighted by atomic mass is 10.1. The summed E-state index contributed by atoms with van der Waals surface area (Å²) in [6.07, 6.45) is -0.416. The van der Waals surface area contributed by atoms with Crippen LogP contribution in [0.25, 0.3) is 0 Å². The number of ether oxygens (including phenoxy) is 2. The van der Waals surface area contributed by atoms with E-state index in [0.29, 0.717) is 9.50 Å². The number of esters is 1. The van der Waals surface area contributed by atoms with E-state index in [9.17, 15) is 9.59 Å². The Balaban J connectivity index is 2.95. The minimum Gasteiger partial charge on any atom is -0.458 e. The van der Waals surface area contributed by atoms with Crippen LogP contribution in [-0.4, -0.2) is 29.3 Å². The zero-order chi connectivity index (χ0) is 19.4. The number of amides is 1. The minimum absolute atomic E-state index is 0.254. The number of carbonyl (C=O) groups is 2. The molecule has 0 radical (unpaired) electrons. The number of rotatable bonds is 4. The highest BCUT2D eigenvalue weighted by Gasteiger charge is 2.29. The normalized spacial score (nSPS) is 13.1. The summed E-state index contributed by atoms with van der Waals surface area (Å²) in [5.41, 5.74) is -0.500. The largest absolute Gasteiger partial charge is 0.458 e. The molecule has 1 atom stereocenters. The van der Waals surface area contributed by atoms with Crippen molar-refractivity contribution in [3.05, 3.63) is 33.3 Å². The molecule has 7 heteroatoms. The Labute approximate surface area is 162 Å². The topological polar surface area (TPSA) is 64.6 Å². The van der Waals surface area contributed by atoms with Crippen molar-refractivity contribution in [3.63, 3.8) is 0 Å². The molecule has 0 heterocycles. The lowest BCUT2D eigenvalue weighted by molar-refractivity contribution is -0.157. The predicted molar refractivity (Wildman–Crippen MR) is 102 cm³/mol. The van der Waals surface area contributed by atoms with Crippen molar-refractivity contribution < 1.29 is 19.1 Å². The number of nitrogens with one attached hydrogen (secondary N) is 1. The second-order valence-electron chi connectivity index (χ2n) is 7.68. The van der Waals surface area contributed by atoms with Crippen LogP contribution < -0.4 is 5.32 Å². The molecule has 1 aromatic rings. The van der Waals surface area contributed by atoms with Gasteiger partial charge in [-0.25, -0.2) is 9.59 Å². The van der Waals surface area contributed by atoms with Crippen LogP contribution in [-0.2, 0) is 20.7 Å². The molecule has 1 rings (SSSR count). The molecule has 0 saturated heterocycles. The van der Waals surface area contributed by atoms with Crippen LogP contribution in [0, 0.1) is 0 Å². The Bertz CT molecular complexity index is 635. The standard InChI is InChI=1S/C18H25BrClNO4/c1-17(2,3)24-15(22)14(21-16(23)25-18(4,5)6)10-11-7-8-13(20)12(19)9-11/h7-9,14H,10H2,1-6H3,(H,21,23)/t14-/m0/s1. The van der Waals surface area contributed by atoms with Crippen LogP contribution in [0.4, 0.5) is 4.79 Å². The first kappa shape index (κ1) is 21.8. The van der Waals surface area contributed by atoms with Crippen molar-refractivity contribution in [2.24, 2.45) is 0 Å². The molecule has 1 aromatic carbocycles. The van der Waals surface area contributed by atoms with Gasteiger partial charge in [-0.15, -0.1) is 0 Å². The Hall–Kier alpha value is -1.27. The summed E-state index contributed by atoms with van der Waals surface area (Å²) >= 11 is 9.35. The highest BCUT2D eigenvalue weighted by molar-refractivity contribution is 9.10. The first-order valence-corrected chi connectivity index (χ1v) is 9.10. The highest BCUT2D eigenvalue weighted by Crippen LogP contribution is 2.24. The SMILES string of the molecule is CC(C)(C)OC(=O)N[C@@H](Cc1ccc(Cl)c(Br)c1)C(=O)OC(C)(C)C. The van der Waals surface area contributed by atoms with Crippen LogP contribution in [0.1, 0.15) is 47.1 Å². The first-order chi connectivity index (χ1) is 11.3. The summed E-state index contributed by atoms with van der Waals surface area (Å²) in [4.78, 5) is 24.6. The van der Waals surface area contributed by atoms with E-state index < -0.39 is 29.3 Å². The lowest BCUT2D eigenvalue weighted by Crippen LogP contribution is -2.47. The monoisotopic (exact) mass is 433 g/mol. The maximum atomic E-state index is 12.5. The number of benzene rings is 1. The predicted octanol–water partition coefficient (Wildman–Crippen LogP) is 4.88. The third-order valence-corrected chi connectivity index (χ3v) is 4.02. The maximum absolute atomic E-state index is 12.5. The fraction of sp³-hybridized carbons (Fsp3) is 0.556. The average Bonchev–Trinajstić information content (AvgIpc) is 2.38. The van der Waals surface area contributed by atoms with E-state index in [-0.39, 0.29) is 6.42 Å². The van der Waals surface area contributed by atoms with Crippen LogP contribution >= 0.6 is 27.5 Å². The molecule has 25 heavy (non-hydrogen) atoms. The van der Waals surface area contributed by atoms with Gasteiger partial charge >= 0.3 is 12.1 Å². The van der Waals surface area contributed by atoms with E-state index in [1.807, 2.05) is 0 Å². The molecular weight excluding hydrogens is 410 g/mol. The molecule has 0 bridgehead atoms.